The Morgan fingerprint density at radius 3 is 1.46 bits per heavy atom. The molecule has 5 unspecified atom stereocenters. The number of carboxylic acids is 2. The van der Waals surface area contributed by atoms with E-state index in [2.05, 4.69) is 76.8 Å². The van der Waals surface area contributed by atoms with Crippen LogP contribution in [0.2, 0.25) is 6.04 Å². The number of carbonyl (C=O) groups is 8. The fourth-order valence-electron chi connectivity index (χ4n) is 7.97. The molecule has 4 rings (SSSR count). The third kappa shape index (κ3) is 55.4. The molecule has 104 heavy (non-hydrogen) atoms. The van der Waals surface area contributed by atoms with Crippen molar-refractivity contribution in [2.24, 2.45) is 17.8 Å². The quantitative estimate of drug-likeness (QED) is 0.00914. The van der Waals surface area contributed by atoms with E-state index in [1.807, 2.05) is 37.3 Å². The number of esters is 6. The first-order valence-electron chi connectivity index (χ1n) is 34.4. The van der Waals surface area contributed by atoms with Crippen molar-refractivity contribution in [3.63, 3.8) is 0 Å². The maximum atomic E-state index is 11.1. The van der Waals surface area contributed by atoms with Gasteiger partial charge in [-0.1, -0.05) is 146 Å². The van der Waals surface area contributed by atoms with E-state index < -0.39 is 57.3 Å². The molecule has 0 aromatic heterocycles. The van der Waals surface area contributed by atoms with Gasteiger partial charge in [-0.25, -0.2) is 33.6 Å². The third-order valence-electron chi connectivity index (χ3n) is 14.2. The Labute approximate surface area is 618 Å². The minimum atomic E-state index is -2.53. The Morgan fingerprint density at radius 2 is 1.04 bits per heavy atom. The Hall–Kier alpha value is -8.18. The monoisotopic (exact) mass is 1490 g/mol. The molecule has 2 aliphatic rings. The number of hydrogen-bond donors (Lipinski definition) is 6. The van der Waals surface area contributed by atoms with Gasteiger partial charge in [0.15, 0.2) is 0 Å². The molecule has 26 heteroatoms. The lowest BCUT2D eigenvalue weighted by atomic mass is 9.86. The summed E-state index contributed by atoms with van der Waals surface area (Å²) < 4.78 is 55.6. The first-order chi connectivity index (χ1) is 49.1. The van der Waals surface area contributed by atoms with Crippen molar-refractivity contribution >= 4 is 56.6 Å². The standard InChI is InChI=1S/C13H20O5.C13H14O5.C12H22O2.C11H12O2.C10H20O5Si.C7H12O4.C7H12O.C5H10O/c2*1-9(2)13(16)18-8-7-17-11-6-4-3-5-10(11)12(14)15;1-5-7-8-11(6-2)9-14-12(13)10(3)4;1-9(2)11(12)13-8-10-6-4-3-5-7-10;1-9(2)10(11)15-7-6-8-16(12-3,13-4)14-5;1-5(2)7(10)11-4-6(9)3-8;8-6-7-4-2-1-3-5-7;1-5(2)3-4-6/h10-11H,1,3-8H2,2H3,(H,14,15);3-6H,1,7-8H2,2H3,(H,14,15);11H,3,5-9H2,1-2,4H3;3-7H,1,8H2,2H3;1,6-8H2,2-5H3;6,8-9H,1,3-4H2,2H3;1-2,7-8H,3-6H2;6H,1,3-4H2,2H3. The largest absolute Gasteiger partial charge is 0.500 e. The molecular weight excluding hydrogens is 1360 g/mol. The van der Waals surface area contributed by atoms with Gasteiger partial charge in [0.2, 0.25) is 0 Å². The molecule has 0 saturated heterocycles. The molecule has 1 fully saturated rings. The third-order valence-corrected chi connectivity index (χ3v) is 17.1. The SMILES string of the molecule is C=C(C)C(=O)OCC(CC)CCCC.C=C(C)C(=O)OCC(O)CO.C=C(C)C(=O)OCCC[Si](OC)(OC)OC.C=C(C)C(=O)OCCOC1CCCCC1C(=O)O.C=C(C)C(=O)OCCOc1ccccc1C(=O)O.C=C(C)C(=O)OCc1ccccc1.C=C(C)CCO.OCC1CC=CCC1. The Kier molecular flexibility index (Phi) is 63.3. The van der Waals surface area contributed by atoms with E-state index in [1.54, 1.807) is 74.1 Å². The lowest BCUT2D eigenvalue weighted by molar-refractivity contribution is -0.152. The van der Waals surface area contributed by atoms with Crippen molar-refractivity contribution in [2.75, 3.05) is 87.4 Å². The van der Waals surface area contributed by atoms with Crippen LogP contribution < -0.4 is 4.74 Å². The van der Waals surface area contributed by atoms with E-state index in [1.165, 1.54) is 32.3 Å². The number of aliphatic carboxylic acids is 1. The van der Waals surface area contributed by atoms with Gasteiger partial charge in [-0.3, -0.25) is 4.79 Å². The van der Waals surface area contributed by atoms with Crippen LogP contribution in [0.15, 0.2) is 152 Å². The van der Waals surface area contributed by atoms with Gasteiger partial charge in [0.1, 0.15) is 50.5 Å². The molecule has 0 radical (unpaired) electrons. The number of rotatable bonds is 37. The summed E-state index contributed by atoms with van der Waals surface area (Å²) in [5.41, 5.74) is 4.32. The van der Waals surface area contributed by atoms with Gasteiger partial charge < -0.3 is 81.8 Å². The van der Waals surface area contributed by atoms with Gasteiger partial charge >= 0.3 is 56.6 Å². The van der Waals surface area contributed by atoms with E-state index in [-0.39, 0.29) is 80.5 Å². The summed E-state index contributed by atoms with van der Waals surface area (Å²) in [6.07, 6.45) is 15.8. The van der Waals surface area contributed by atoms with Crippen molar-refractivity contribution in [3.8, 4) is 5.75 Å². The Bertz CT molecular complexity index is 2890. The second-order valence-corrected chi connectivity index (χ2v) is 27.1. The highest BCUT2D eigenvalue weighted by atomic mass is 28.4. The minimum Gasteiger partial charge on any atom is -0.489 e. The summed E-state index contributed by atoms with van der Waals surface area (Å²) in [7, 11) is 2.13. The van der Waals surface area contributed by atoms with Crippen LogP contribution in [0.1, 0.15) is 162 Å². The molecule has 0 heterocycles. The number of ether oxygens (including phenoxy) is 8. The van der Waals surface area contributed by atoms with Crippen LogP contribution in [0, 0.1) is 17.8 Å². The molecule has 6 N–H and O–H groups in total. The van der Waals surface area contributed by atoms with Crippen LogP contribution in [0.5, 0.6) is 5.75 Å². The lowest BCUT2D eigenvalue weighted by Gasteiger charge is -2.28. The van der Waals surface area contributed by atoms with Crippen molar-refractivity contribution in [1.82, 2.24) is 0 Å². The van der Waals surface area contributed by atoms with Gasteiger partial charge in [0.05, 0.1) is 38.4 Å². The first kappa shape index (κ1) is 102. The summed E-state index contributed by atoms with van der Waals surface area (Å²) in [6, 6.07) is 16.4. The zero-order chi connectivity index (χ0) is 80.0. The topological polar surface area (TPSA) is 359 Å². The highest BCUT2D eigenvalue weighted by molar-refractivity contribution is 6.60. The fraction of sp³-hybridized carbons (Fsp3) is 0.538. The highest BCUT2D eigenvalue weighted by Gasteiger charge is 2.37. The Morgan fingerprint density at radius 1 is 0.558 bits per heavy atom. The second kappa shape index (κ2) is 64.4. The average Bonchev–Trinajstić information content (AvgIpc) is 0.893. The average molecular weight is 1490 g/mol. The number of aromatic carboxylic acids is 1. The predicted molar refractivity (Wildman–Crippen MR) is 401 cm³/mol. The minimum absolute atomic E-state index is 0.0413. The van der Waals surface area contributed by atoms with Crippen molar-refractivity contribution in [3.05, 3.63) is 163 Å². The summed E-state index contributed by atoms with van der Waals surface area (Å²) in [6.45, 7) is 41.8. The number of aliphatic hydroxyl groups excluding tert-OH is 4. The molecule has 2 aromatic carbocycles. The smallest absolute Gasteiger partial charge is 0.489 e. The molecule has 0 spiro atoms. The molecule has 588 valence electrons. The maximum Gasteiger partial charge on any atom is 0.500 e. The fourth-order valence-corrected chi connectivity index (χ4v) is 9.66. The summed E-state index contributed by atoms with van der Waals surface area (Å²) in [4.78, 5) is 87.9. The van der Waals surface area contributed by atoms with Crippen LogP contribution >= 0.6 is 0 Å². The molecule has 0 amide bonds. The second-order valence-electron chi connectivity index (χ2n) is 24.1. The molecule has 5 atom stereocenters. The zero-order valence-corrected chi connectivity index (χ0v) is 64.8. The number of para-hydroxylation sites is 1. The highest BCUT2D eigenvalue weighted by Crippen LogP contribution is 2.27. The number of hydrogen-bond acceptors (Lipinski definition) is 23. The van der Waals surface area contributed by atoms with Crippen molar-refractivity contribution in [1.29, 1.82) is 0 Å². The normalized spacial score (nSPS) is 14.2. The first-order valence-corrected chi connectivity index (χ1v) is 36.3. The zero-order valence-electron chi connectivity index (χ0n) is 63.8. The number of benzene rings is 2. The van der Waals surface area contributed by atoms with Crippen LogP contribution in [0.3, 0.4) is 0 Å². The number of allylic oxidation sites excluding steroid dienone is 2. The summed E-state index contributed by atoms with van der Waals surface area (Å²) in [5.74, 6) is -3.48. The van der Waals surface area contributed by atoms with E-state index in [9.17, 15) is 38.4 Å². The van der Waals surface area contributed by atoms with Crippen molar-refractivity contribution in [2.45, 2.75) is 171 Å². The Balaban J connectivity index is -0.000000559. The molecule has 0 aliphatic heterocycles. The van der Waals surface area contributed by atoms with E-state index in [0.717, 1.165) is 62.5 Å². The molecule has 2 aliphatic carbocycles. The number of carbonyl (C=O) groups excluding carboxylic acids is 6. The van der Waals surface area contributed by atoms with E-state index in [0.29, 0.717) is 85.0 Å². The van der Waals surface area contributed by atoms with Gasteiger partial charge in [0.25, 0.3) is 0 Å². The van der Waals surface area contributed by atoms with Gasteiger partial charge in [-0.15, -0.1) is 6.58 Å². The molecular formula is C78H122O25Si. The number of carboxylic acid groups (broad SMARTS) is 2. The van der Waals surface area contributed by atoms with E-state index >= 15 is 0 Å². The molecule has 2 aromatic rings. The molecule has 0 bridgehead atoms. The van der Waals surface area contributed by atoms with Crippen LogP contribution in [-0.4, -0.2) is 187 Å². The summed E-state index contributed by atoms with van der Waals surface area (Å²) >= 11 is 0. The van der Waals surface area contributed by atoms with Crippen molar-refractivity contribution < 1.29 is 120 Å². The maximum absolute atomic E-state index is 11.1. The van der Waals surface area contributed by atoms with Gasteiger partial charge in [-0.2, -0.15) is 0 Å². The van der Waals surface area contributed by atoms with Crippen LogP contribution in [0.4, 0.5) is 0 Å². The van der Waals surface area contributed by atoms with E-state index in [4.69, 9.17) is 77.1 Å². The lowest BCUT2D eigenvalue weighted by Crippen LogP contribution is -2.42. The van der Waals surface area contributed by atoms with Gasteiger partial charge in [0, 0.05) is 74.0 Å². The number of aliphatic hydroxyl groups is 4. The molecule has 25 nitrogen and oxygen atoms in total. The predicted octanol–water partition coefficient (Wildman–Crippen LogP) is 12.4. The van der Waals surface area contributed by atoms with Crippen LogP contribution in [-0.2, 0) is 86.6 Å². The van der Waals surface area contributed by atoms with Gasteiger partial charge in [-0.05, 0) is 129 Å². The number of unbranched alkanes of at least 4 members (excludes halogenated alkanes) is 1. The summed E-state index contributed by atoms with van der Waals surface area (Å²) in [5, 5.41) is 51.8. The molecule has 1 saturated carbocycles. The van der Waals surface area contributed by atoms with Crippen LogP contribution in [0.25, 0.3) is 0 Å².